The minimum atomic E-state index is -0.576. The van der Waals surface area contributed by atoms with E-state index in [9.17, 15) is 4.79 Å². The molecule has 0 bridgehead atoms. The van der Waals surface area contributed by atoms with E-state index in [0.717, 1.165) is 22.3 Å². The lowest BCUT2D eigenvalue weighted by Gasteiger charge is -2.18. The molecule has 0 fully saturated rings. The van der Waals surface area contributed by atoms with Crippen molar-refractivity contribution in [3.8, 4) is 0 Å². The SMILES string of the molecule is Cc1ccc2nnn(Cc3ccc4nc(NC(=O)OC(C)(C)C)cn4n3)c2c1. The Morgan fingerprint density at radius 3 is 2.82 bits per heavy atom. The van der Waals surface area contributed by atoms with Crippen LogP contribution in [-0.4, -0.2) is 41.3 Å². The second kappa shape index (κ2) is 6.59. The van der Waals surface area contributed by atoms with Gasteiger partial charge in [-0.2, -0.15) is 5.10 Å². The molecule has 0 saturated heterocycles. The van der Waals surface area contributed by atoms with Crippen molar-refractivity contribution >= 4 is 28.6 Å². The van der Waals surface area contributed by atoms with Crippen molar-refractivity contribution in [2.45, 2.75) is 39.8 Å². The Balaban J connectivity index is 1.56. The van der Waals surface area contributed by atoms with Gasteiger partial charge in [0.25, 0.3) is 0 Å². The number of hydrogen-bond donors (Lipinski definition) is 1. The zero-order valence-corrected chi connectivity index (χ0v) is 16.2. The molecular weight excluding hydrogens is 358 g/mol. The van der Waals surface area contributed by atoms with Gasteiger partial charge in [-0.05, 0) is 57.5 Å². The monoisotopic (exact) mass is 379 g/mol. The summed E-state index contributed by atoms with van der Waals surface area (Å²) in [6.07, 6.45) is 1.09. The van der Waals surface area contributed by atoms with Crippen molar-refractivity contribution < 1.29 is 9.53 Å². The summed E-state index contributed by atoms with van der Waals surface area (Å²) in [5.41, 5.74) is 3.79. The number of imidazole rings is 1. The molecular formula is C19H21N7O2. The topological polar surface area (TPSA) is 99.2 Å². The molecule has 3 aromatic heterocycles. The number of carbonyl (C=O) groups is 1. The standard InChI is InChI=1S/C19H21N7O2/c1-12-5-7-14-15(9-12)25(24-22-14)10-13-6-8-17-20-16(11-26(17)23-13)21-18(27)28-19(2,3)4/h5-9,11H,10H2,1-4H3,(H,21,27). The fraction of sp³-hybridized carbons (Fsp3) is 0.316. The third kappa shape index (κ3) is 3.78. The normalized spacial score (nSPS) is 11.9. The van der Waals surface area contributed by atoms with Crippen molar-refractivity contribution in [1.29, 1.82) is 0 Å². The van der Waals surface area contributed by atoms with E-state index in [0.29, 0.717) is 18.0 Å². The Morgan fingerprint density at radius 2 is 2.04 bits per heavy atom. The van der Waals surface area contributed by atoms with E-state index in [-0.39, 0.29) is 0 Å². The molecule has 4 rings (SSSR count). The molecule has 4 aromatic rings. The highest BCUT2D eigenvalue weighted by Gasteiger charge is 2.17. The van der Waals surface area contributed by atoms with Gasteiger partial charge in [-0.1, -0.05) is 11.3 Å². The predicted octanol–water partition coefficient (Wildman–Crippen LogP) is 3.18. The van der Waals surface area contributed by atoms with Gasteiger partial charge < -0.3 is 4.74 Å². The highest BCUT2D eigenvalue weighted by Crippen LogP contribution is 2.16. The van der Waals surface area contributed by atoms with Crippen molar-refractivity contribution in [1.82, 2.24) is 29.6 Å². The molecule has 0 spiro atoms. The van der Waals surface area contributed by atoms with Crippen LogP contribution in [0.5, 0.6) is 0 Å². The van der Waals surface area contributed by atoms with Crippen LogP contribution in [-0.2, 0) is 11.3 Å². The zero-order chi connectivity index (χ0) is 19.9. The van der Waals surface area contributed by atoms with Gasteiger partial charge in [-0.25, -0.2) is 19.0 Å². The van der Waals surface area contributed by atoms with Gasteiger partial charge in [0.15, 0.2) is 11.5 Å². The number of anilines is 1. The van der Waals surface area contributed by atoms with Crippen molar-refractivity contribution in [2.24, 2.45) is 0 Å². The van der Waals surface area contributed by atoms with Crippen molar-refractivity contribution in [2.75, 3.05) is 5.32 Å². The maximum absolute atomic E-state index is 11.9. The first-order valence-electron chi connectivity index (χ1n) is 8.92. The smallest absolute Gasteiger partial charge is 0.413 e. The van der Waals surface area contributed by atoms with Gasteiger partial charge in [0.1, 0.15) is 11.1 Å². The number of fused-ring (bicyclic) bond motifs is 2. The first-order chi connectivity index (χ1) is 13.3. The Kier molecular flexibility index (Phi) is 4.21. The number of rotatable bonds is 3. The largest absolute Gasteiger partial charge is 0.444 e. The third-order valence-corrected chi connectivity index (χ3v) is 3.99. The zero-order valence-electron chi connectivity index (χ0n) is 16.2. The molecule has 0 saturated carbocycles. The number of aryl methyl sites for hydroxylation is 1. The summed E-state index contributed by atoms with van der Waals surface area (Å²) in [7, 11) is 0. The number of ether oxygens (including phenoxy) is 1. The lowest BCUT2D eigenvalue weighted by atomic mass is 10.2. The molecule has 0 radical (unpaired) electrons. The van der Waals surface area contributed by atoms with Crippen molar-refractivity contribution in [3.63, 3.8) is 0 Å². The molecule has 0 aliphatic carbocycles. The first-order valence-corrected chi connectivity index (χ1v) is 8.92. The molecule has 1 aromatic carbocycles. The molecule has 144 valence electrons. The summed E-state index contributed by atoms with van der Waals surface area (Å²) < 4.78 is 8.67. The van der Waals surface area contributed by atoms with Crippen LogP contribution in [0, 0.1) is 6.92 Å². The summed E-state index contributed by atoms with van der Waals surface area (Å²) in [5, 5.41) is 15.6. The quantitative estimate of drug-likeness (QED) is 0.587. The fourth-order valence-electron chi connectivity index (χ4n) is 2.82. The lowest BCUT2D eigenvalue weighted by Crippen LogP contribution is -2.27. The average Bonchev–Trinajstić information content (AvgIpc) is 3.16. The van der Waals surface area contributed by atoms with E-state index in [1.165, 1.54) is 0 Å². The molecule has 3 heterocycles. The van der Waals surface area contributed by atoms with Crippen molar-refractivity contribution in [3.05, 3.63) is 47.8 Å². The highest BCUT2D eigenvalue weighted by atomic mass is 16.6. The molecule has 28 heavy (non-hydrogen) atoms. The molecule has 0 unspecified atom stereocenters. The number of aromatic nitrogens is 6. The lowest BCUT2D eigenvalue weighted by molar-refractivity contribution is 0.0635. The molecule has 9 nitrogen and oxygen atoms in total. The van der Waals surface area contributed by atoms with Gasteiger partial charge in [0.2, 0.25) is 0 Å². The summed E-state index contributed by atoms with van der Waals surface area (Å²) in [4.78, 5) is 16.2. The first kappa shape index (κ1) is 17.9. The van der Waals surface area contributed by atoms with Gasteiger partial charge in [0, 0.05) is 0 Å². The Bertz CT molecular complexity index is 1170. The van der Waals surface area contributed by atoms with E-state index in [1.807, 2.05) is 41.9 Å². The third-order valence-electron chi connectivity index (χ3n) is 3.99. The minimum absolute atomic E-state index is 0.376. The van der Waals surface area contributed by atoms with Crippen LogP contribution in [0.3, 0.4) is 0 Å². The number of amides is 1. The van der Waals surface area contributed by atoms with E-state index in [4.69, 9.17) is 4.74 Å². The highest BCUT2D eigenvalue weighted by molar-refractivity contribution is 5.84. The Labute approximate surface area is 161 Å². The molecule has 0 atom stereocenters. The number of nitrogens with zero attached hydrogens (tertiary/aromatic N) is 6. The minimum Gasteiger partial charge on any atom is -0.444 e. The van der Waals surface area contributed by atoms with Gasteiger partial charge in [-0.3, -0.25) is 5.32 Å². The molecule has 0 aliphatic heterocycles. The van der Waals surface area contributed by atoms with E-state index in [2.05, 4.69) is 25.7 Å². The number of nitrogens with one attached hydrogen (secondary N) is 1. The number of benzene rings is 1. The van der Waals surface area contributed by atoms with E-state index < -0.39 is 11.7 Å². The van der Waals surface area contributed by atoms with E-state index in [1.54, 1.807) is 31.5 Å². The summed E-state index contributed by atoms with van der Waals surface area (Å²) >= 11 is 0. The van der Waals surface area contributed by atoms with Crippen LogP contribution >= 0.6 is 0 Å². The number of carbonyl (C=O) groups excluding carboxylic acids is 1. The number of hydrogen-bond acceptors (Lipinski definition) is 6. The maximum Gasteiger partial charge on any atom is 0.413 e. The van der Waals surface area contributed by atoms with Gasteiger partial charge in [-0.15, -0.1) is 5.10 Å². The van der Waals surface area contributed by atoms with Crippen LogP contribution in [0.1, 0.15) is 32.0 Å². The van der Waals surface area contributed by atoms with Gasteiger partial charge >= 0.3 is 6.09 Å². The predicted molar refractivity (Wildman–Crippen MR) is 104 cm³/mol. The van der Waals surface area contributed by atoms with Crippen LogP contribution in [0.4, 0.5) is 10.6 Å². The Hall–Kier alpha value is -3.49. The molecule has 9 heteroatoms. The second-order valence-electron chi connectivity index (χ2n) is 7.62. The van der Waals surface area contributed by atoms with Crippen LogP contribution in [0.2, 0.25) is 0 Å². The summed E-state index contributed by atoms with van der Waals surface area (Å²) in [5.74, 6) is 0.376. The second-order valence-corrected chi connectivity index (χ2v) is 7.62. The molecule has 0 aliphatic rings. The van der Waals surface area contributed by atoms with Crippen LogP contribution in [0.25, 0.3) is 16.7 Å². The van der Waals surface area contributed by atoms with Crippen LogP contribution < -0.4 is 5.32 Å². The average molecular weight is 379 g/mol. The Morgan fingerprint density at radius 1 is 1.21 bits per heavy atom. The van der Waals surface area contributed by atoms with Crippen LogP contribution in [0.15, 0.2) is 36.5 Å². The van der Waals surface area contributed by atoms with E-state index >= 15 is 0 Å². The maximum atomic E-state index is 11.9. The molecule has 1 N–H and O–H groups in total. The van der Waals surface area contributed by atoms with Gasteiger partial charge in [0.05, 0.1) is 24.0 Å². The summed E-state index contributed by atoms with van der Waals surface area (Å²) in [6, 6.07) is 9.73. The molecule has 1 amide bonds. The fourth-order valence-corrected chi connectivity index (χ4v) is 2.82. The summed E-state index contributed by atoms with van der Waals surface area (Å²) in [6.45, 7) is 7.92.